The number of hydrogen-bond donors (Lipinski definition) is 0. The first kappa shape index (κ1) is 26.9. The molecular formula is C46H28N2S. The van der Waals surface area contributed by atoms with Gasteiger partial charge in [-0.3, -0.25) is 0 Å². The molecule has 0 aliphatic carbocycles. The van der Waals surface area contributed by atoms with Crippen molar-refractivity contribution in [2.45, 2.75) is 0 Å². The highest BCUT2D eigenvalue weighted by molar-refractivity contribution is 7.26. The van der Waals surface area contributed by atoms with Crippen molar-refractivity contribution in [2.24, 2.45) is 0 Å². The van der Waals surface area contributed by atoms with Crippen molar-refractivity contribution in [2.75, 3.05) is 0 Å². The van der Waals surface area contributed by atoms with Crippen molar-refractivity contribution in [1.29, 1.82) is 0 Å². The first-order valence-electron chi connectivity index (χ1n) is 16.8. The summed E-state index contributed by atoms with van der Waals surface area (Å²) < 4.78 is 7.60. The minimum atomic E-state index is 1.17. The molecule has 228 valence electrons. The fraction of sp³-hybridized carbons (Fsp3) is 0. The molecule has 0 N–H and O–H groups in total. The average molecular weight is 641 g/mol. The van der Waals surface area contributed by atoms with Crippen LogP contribution < -0.4 is 0 Å². The predicted molar refractivity (Wildman–Crippen MR) is 211 cm³/mol. The predicted octanol–water partition coefficient (Wildman–Crippen LogP) is 13.1. The summed E-state index contributed by atoms with van der Waals surface area (Å²) in [5, 5.41) is 10.2. The van der Waals surface area contributed by atoms with Gasteiger partial charge in [0.25, 0.3) is 0 Å². The van der Waals surface area contributed by atoms with Crippen LogP contribution in [-0.4, -0.2) is 9.13 Å². The van der Waals surface area contributed by atoms with E-state index in [2.05, 4.69) is 179 Å². The van der Waals surface area contributed by atoms with Crippen LogP contribution in [0.15, 0.2) is 170 Å². The van der Waals surface area contributed by atoms with Crippen LogP contribution in [0, 0.1) is 0 Å². The van der Waals surface area contributed by atoms with E-state index >= 15 is 0 Å². The zero-order valence-corrected chi connectivity index (χ0v) is 27.3. The molecule has 0 unspecified atom stereocenters. The Labute approximate surface area is 286 Å². The summed E-state index contributed by atoms with van der Waals surface area (Å²) in [7, 11) is 0. The average Bonchev–Trinajstić information content (AvgIpc) is 3.83. The molecule has 0 atom stereocenters. The maximum Gasteiger partial charge on any atom is 0.0719 e. The molecular weight excluding hydrogens is 613 g/mol. The molecule has 2 nitrogen and oxygen atoms in total. The summed E-state index contributed by atoms with van der Waals surface area (Å²) in [6, 6.07) is 62.3. The van der Waals surface area contributed by atoms with Gasteiger partial charge in [0.2, 0.25) is 0 Å². The van der Waals surface area contributed by atoms with Crippen LogP contribution in [0.2, 0.25) is 0 Å². The van der Waals surface area contributed by atoms with Gasteiger partial charge < -0.3 is 9.13 Å². The Bertz CT molecular complexity index is 3100. The number of thiophene rings is 1. The smallest absolute Gasteiger partial charge is 0.0719 e. The Morgan fingerprint density at radius 1 is 0.367 bits per heavy atom. The molecule has 0 saturated heterocycles. The van der Waals surface area contributed by atoms with Crippen LogP contribution in [0.1, 0.15) is 0 Å². The van der Waals surface area contributed by atoms with Crippen LogP contribution in [0.3, 0.4) is 0 Å². The van der Waals surface area contributed by atoms with E-state index in [-0.39, 0.29) is 0 Å². The van der Waals surface area contributed by atoms with Gasteiger partial charge in [-0.1, -0.05) is 127 Å². The topological polar surface area (TPSA) is 9.86 Å². The largest absolute Gasteiger partial charge is 0.309 e. The monoisotopic (exact) mass is 640 g/mol. The van der Waals surface area contributed by atoms with Crippen molar-refractivity contribution < 1.29 is 0 Å². The van der Waals surface area contributed by atoms with Crippen LogP contribution in [0.4, 0.5) is 0 Å². The van der Waals surface area contributed by atoms with Gasteiger partial charge in [0.15, 0.2) is 0 Å². The molecule has 0 aliphatic heterocycles. The van der Waals surface area contributed by atoms with Gasteiger partial charge in [0.05, 0.1) is 26.8 Å². The highest BCUT2D eigenvalue weighted by Gasteiger charge is 2.22. The highest BCUT2D eigenvalue weighted by atomic mass is 32.1. The number of fused-ring (bicyclic) bond motifs is 12. The third-order valence-electron chi connectivity index (χ3n) is 10.3. The fourth-order valence-electron chi connectivity index (χ4n) is 8.13. The van der Waals surface area contributed by atoms with Gasteiger partial charge in [-0.2, -0.15) is 0 Å². The SMILES string of the molecule is c1ccc(-c2cccc(-n3c4ccccc4c4ccc5sc6c(ccc7c8ccccc8n(-c8ccc9ccccc9c8)c76)c5c43)c2)cc1. The van der Waals surface area contributed by atoms with Gasteiger partial charge >= 0.3 is 0 Å². The molecule has 8 aromatic carbocycles. The maximum atomic E-state index is 2.49. The third-order valence-corrected chi connectivity index (χ3v) is 11.5. The lowest BCUT2D eigenvalue weighted by atomic mass is 10.0. The second-order valence-corrected chi connectivity index (χ2v) is 14.0. The second kappa shape index (κ2) is 10.2. The molecule has 0 bridgehead atoms. The summed E-state index contributed by atoms with van der Waals surface area (Å²) in [5.41, 5.74) is 9.79. The van der Waals surface area contributed by atoms with Gasteiger partial charge in [0.1, 0.15) is 0 Å². The van der Waals surface area contributed by atoms with Gasteiger partial charge in [-0.25, -0.2) is 0 Å². The zero-order chi connectivity index (χ0) is 32.1. The maximum absolute atomic E-state index is 2.49. The van der Waals surface area contributed by atoms with E-state index in [1.54, 1.807) is 0 Å². The number of aromatic nitrogens is 2. The molecule has 0 aliphatic rings. The molecule has 11 rings (SSSR count). The van der Waals surface area contributed by atoms with Crippen molar-refractivity contribution in [3.8, 4) is 22.5 Å². The minimum absolute atomic E-state index is 1.17. The summed E-state index contributed by atoms with van der Waals surface area (Å²) in [6.07, 6.45) is 0. The summed E-state index contributed by atoms with van der Waals surface area (Å²) in [4.78, 5) is 0. The fourth-order valence-corrected chi connectivity index (χ4v) is 9.37. The molecule has 11 aromatic rings. The molecule has 3 heterocycles. The first-order valence-corrected chi connectivity index (χ1v) is 17.6. The molecule has 3 aromatic heterocycles. The van der Waals surface area contributed by atoms with E-state index in [0.717, 1.165) is 0 Å². The minimum Gasteiger partial charge on any atom is -0.309 e. The van der Waals surface area contributed by atoms with E-state index in [9.17, 15) is 0 Å². The summed E-state index contributed by atoms with van der Waals surface area (Å²) in [6.45, 7) is 0. The lowest BCUT2D eigenvalue weighted by Gasteiger charge is -2.11. The Morgan fingerprint density at radius 3 is 1.80 bits per heavy atom. The summed E-state index contributed by atoms with van der Waals surface area (Å²) >= 11 is 1.91. The molecule has 49 heavy (non-hydrogen) atoms. The highest BCUT2D eigenvalue weighted by Crippen LogP contribution is 2.47. The normalized spacial score (nSPS) is 12.1. The molecule has 0 saturated carbocycles. The quantitative estimate of drug-likeness (QED) is 0.182. The number of rotatable bonds is 3. The lowest BCUT2D eigenvalue weighted by molar-refractivity contribution is 1.19. The summed E-state index contributed by atoms with van der Waals surface area (Å²) in [5.74, 6) is 0. The van der Waals surface area contributed by atoms with Gasteiger partial charge in [-0.05, 0) is 64.4 Å². The van der Waals surface area contributed by atoms with E-state index in [4.69, 9.17) is 0 Å². The third kappa shape index (κ3) is 3.82. The lowest BCUT2D eigenvalue weighted by Crippen LogP contribution is -1.95. The molecule has 0 spiro atoms. The van der Waals surface area contributed by atoms with E-state index in [1.807, 2.05) is 11.3 Å². The number of nitrogens with zero attached hydrogens (tertiary/aromatic N) is 2. The van der Waals surface area contributed by atoms with Crippen LogP contribution in [-0.2, 0) is 0 Å². The van der Waals surface area contributed by atoms with Crippen LogP contribution in [0.5, 0.6) is 0 Å². The van der Waals surface area contributed by atoms with E-state index in [1.165, 1.54) is 97.1 Å². The van der Waals surface area contributed by atoms with Gasteiger partial charge in [0, 0.05) is 48.4 Å². The van der Waals surface area contributed by atoms with Crippen molar-refractivity contribution in [3.05, 3.63) is 170 Å². The van der Waals surface area contributed by atoms with E-state index < -0.39 is 0 Å². The molecule has 0 amide bonds. The number of benzene rings is 8. The molecule has 3 heteroatoms. The van der Waals surface area contributed by atoms with E-state index in [0.29, 0.717) is 0 Å². The van der Waals surface area contributed by atoms with Gasteiger partial charge in [-0.15, -0.1) is 11.3 Å². The number of hydrogen-bond acceptors (Lipinski definition) is 1. The second-order valence-electron chi connectivity index (χ2n) is 12.9. The van der Waals surface area contributed by atoms with Crippen molar-refractivity contribution in [3.63, 3.8) is 0 Å². The Hall–Kier alpha value is -6.16. The van der Waals surface area contributed by atoms with Crippen LogP contribution >= 0.6 is 11.3 Å². The van der Waals surface area contributed by atoms with Crippen molar-refractivity contribution >= 4 is 85.9 Å². The standard InChI is InChI=1S/C46H28N2S/c1-2-11-29(12-3-1)32-15-10-16-33(27-32)47-40-19-8-6-17-35(40)37-25-26-42-43(44(37)47)39-24-23-38-36-18-7-9-20-41(36)48(45(38)46(39)49-42)34-22-21-30-13-4-5-14-31(30)28-34/h1-28H. The number of para-hydroxylation sites is 2. The Morgan fingerprint density at radius 2 is 0.980 bits per heavy atom. The molecule has 0 fully saturated rings. The van der Waals surface area contributed by atoms with Crippen LogP contribution in [0.25, 0.3) is 97.1 Å². The molecule has 0 radical (unpaired) electrons. The van der Waals surface area contributed by atoms with Crippen molar-refractivity contribution in [1.82, 2.24) is 9.13 Å². The Kier molecular flexibility index (Phi) is 5.57. The Balaban J connectivity index is 1.28. The first-order chi connectivity index (χ1) is 24.3. The zero-order valence-electron chi connectivity index (χ0n) is 26.5.